The van der Waals surface area contributed by atoms with E-state index in [-0.39, 0.29) is 48.9 Å². The smallest absolute Gasteiger partial charge is 0.410 e. The lowest BCUT2D eigenvalue weighted by atomic mass is 9.88. The molecule has 1 aromatic heterocycles. The van der Waals surface area contributed by atoms with E-state index in [2.05, 4.69) is 23.7 Å². The van der Waals surface area contributed by atoms with Crippen molar-refractivity contribution in [3.8, 4) is 0 Å². The van der Waals surface area contributed by atoms with E-state index in [0.717, 1.165) is 17.3 Å². The summed E-state index contributed by atoms with van der Waals surface area (Å²) < 4.78 is 38.9. The van der Waals surface area contributed by atoms with E-state index in [1.807, 2.05) is 33.8 Å². The molecule has 244 valence electrons. The predicted octanol–water partition coefficient (Wildman–Crippen LogP) is 3.74. The number of amides is 3. The summed E-state index contributed by atoms with van der Waals surface area (Å²) in [5.41, 5.74) is 1.50. The summed E-state index contributed by atoms with van der Waals surface area (Å²) in [4.78, 5) is 51.6. The quantitative estimate of drug-likeness (QED) is 0.482. The molecule has 0 spiro atoms. The number of hydrogen-bond donors (Lipinski definition) is 0. The van der Waals surface area contributed by atoms with Crippen LogP contribution in [0.15, 0.2) is 30.5 Å². The molecule has 2 fully saturated rings. The maximum Gasteiger partial charge on any atom is 0.410 e. The van der Waals surface area contributed by atoms with Crippen LogP contribution in [-0.2, 0) is 30.9 Å². The van der Waals surface area contributed by atoms with Crippen molar-refractivity contribution in [2.24, 2.45) is 0 Å². The number of benzene rings is 1. The minimum atomic E-state index is -0.661. The van der Waals surface area contributed by atoms with Gasteiger partial charge in [0.2, 0.25) is 11.8 Å². The zero-order valence-electron chi connectivity index (χ0n) is 26.9. The third-order valence-electron chi connectivity index (χ3n) is 8.64. The predicted molar refractivity (Wildman–Crippen MR) is 164 cm³/mol. The molecule has 3 aliphatic rings. The first-order chi connectivity index (χ1) is 21.1. The summed E-state index contributed by atoms with van der Waals surface area (Å²) in [6.45, 7) is 14.0. The fourth-order valence-corrected chi connectivity index (χ4v) is 6.28. The van der Waals surface area contributed by atoms with Gasteiger partial charge in [0.25, 0.3) is 0 Å². The van der Waals surface area contributed by atoms with E-state index in [9.17, 15) is 23.2 Å². The Morgan fingerprint density at radius 3 is 2.60 bits per heavy atom. The Labute approximate surface area is 263 Å². The van der Waals surface area contributed by atoms with Crippen molar-refractivity contribution in [1.82, 2.24) is 19.7 Å². The Morgan fingerprint density at radius 2 is 1.91 bits per heavy atom. The van der Waals surface area contributed by atoms with Crippen LogP contribution in [0.2, 0.25) is 0 Å². The van der Waals surface area contributed by atoms with Gasteiger partial charge in [-0.25, -0.2) is 13.6 Å². The number of fused-ring (bicyclic) bond motifs is 1. The Hall–Kier alpha value is -3.64. The van der Waals surface area contributed by atoms with Crippen molar-refractivity contribution < 1.29 is 32.6 Å². The monoisotopic (exact) mass is 627 g/mol. The molecule has 0 bridgehead atoms. The molecule has 1 aromatic carbocycles. The highest BCUT2D eigenvalue weighted by atomic mass is 19.1. The number of nitrogens with zero attached hydrogens (tertiary/aromatic N) is 5. The highest BCUT2D eigenvalue weighted by Crippen LogP contribution is 2.41. The lowest BCUT2D eigenvalue weighted by Crippen LogP contribution is -2.64. The van der Waals surface area contributed by atoms with Gasteiger partial charge >= 0.3 is 6.09 Å². The molecule has 12 heteroatoms. The van der Waals surface area contributed by atoms with Crippen molar-refractivity contribution >= 4 is 23.6 Å². The maximum absolute atomic E-state index is 14.4. The summed E-state index contributed by atoms with van der Waals surface area (Å²) in [6.07, 6.45) is 1.47. The van der Waals surface area contributed by atoms with Gasteiger partial charge in [0.1, 0.15) is 23.8 Å². The number of morpholine rings is 1. The normalized spacial score (nSPS) is 22.0. The molecule has 0 aliphatic carbocycles. The number of aromatic nitrogens is 1. The first kappa shape index (κ1) is 32.7. The molecular formula is C33H43F2N5O5. The number of pyridine rings is 1. The molecule has 4 heterocycles. The number of rotatable bonds is 6. The molecule has 0 radical (unpaired) electrons. The van der Waals surface area contributed by atoms with Crippen LogP contribution in [0.3, 0.4) is 0 Å². The van der Waals surface area contributed by atoms with E-state index in [1.165, 1.54) is 12.1 Å². The zero-order chi connectivity index (χ0) is 32.7. The van der Waals surface area contributed by atoms with Crippen LogP contribution < -0.4 is 4.90 Å². The van der Waals surface area contributed by atoms with Crippen LogP contribution >= 0.6 is 0 Å². The zero-order valence-corrected chi connectivity index (χ0v) is 26.9. The van der Waals surface area contributed by atoms with Gasteiger partial charge in [-0.2, -0.15) is 0 Å². The highest BCUT2D eigenvalue weighted by molar-refractivity contribution is 5.97. The Bertz CT molecular complexity index is 1460. The molecule has 3 aliphatic heterocycles. The largest absolute Gasteiger partial charge is 0.444 e. The summed E-state index contributed by atoms with van der Waals surface area (Å²) in [6, 6.07) is 4.76. The second-order valence-electron chi connectivity index (χ2n) is 13.9. The molecule has 10 nitrogen and oxygen atoms in total. The molecule has 45 heavy (non-hydrogen) atoms. The van der Waals surface area contributed by atoms with Crippen molar-refractivity contribution in [2.75, 3.05) is 57.4 Å². The molecule has 2 aromatic rings. The minimum absolute atomic E-state index is 0.00959. The number of carbonyl (C=O) groups is 3. The van der Waals surface area contributed by atoms with Crippen LogP contribution in [0.25, 0.3) is 0 Å². The van der Waals surface area contributed by atoms with E-state index in [0.29, 0.717) is 50.6 Å². The average Bonchev–Trinajstić information content (AvgIpc) is 3.21. The summed E-state index contributed by atoms with van der Waals surface area (Å²) in [7, 11) is 0. The molecule has 0 N–H and O–H groups in total. The molecule has 3 amide bonds. The van der Waals surface area contributed by atoms with Gasteiger partial charge in [-0.1, -0.05) is 19.9 Å². The molecule has 2 atom stereocenters. The van der Waals surface area contributed by atoms with Crippen LogP contribution in [0.1, 0.15) is 58.4 Å². The summed E-state index contributed by atoms with van der Waals surface area (Å²) in [5.74, 6) is -1.53. The van der Waals surface area contributed by atoms with Crippen LogP contribution in [-0.4, -0.2) is 108 Å². The minimum Gasteiger partial charge on any atom is -0.444 e. The van der Waals surface area contributed by atoms with Crippen molar-refractivity contribution in [2.45, 2.75) is 71.1 Å². The van der Waals surface area contributed by atoms with Gasteiger partial charge in [0.05, 0.1) is 18.8 Å². The SMILES string of the molecule is C[C@@H]1CN(CC(=O)N2CC(C)(C)c3cnc(Cc4ccc(F)cc4F)cc32)[C@@H](CN2CCOCC2=O)CN1C(=O)OC(C)(C)C. The number of carbonyl (C=O) groups excluding carboxylic acids is 3. The Kier molecular flexibility index (Phi) is 9.19. The first-order valence-electron chi connectivity index (χ1n) is 15.4. The number of halogens is 2. The standard InChI is InChI=1S/C33H43F2N5O5/c1-21-15-38(25(16-37-9-10-44-19-30(37)42)17-39(21)31(43)45-32(2,3)4)18-29(41)40-20-33(5,6)26-14-36-24(13-28(26)40)11-22-7-8-23(34)12-27(22)35/h7-8,12-14,21,25H,9-11,15-20H2,1-6H3/t21-,25+/m1/s1. The van der Waals surface area contributed by atoms with Crippen LogP contribution in [0.4, 0.5) is 19.3 Å². The third kappa shape index (κ3) is 7.44. The van der Waals surface area contributed by atoms with Gasteiger partial charge in [-0.15, -0.1) is 0 Å². The number of anilines is 1. The fourth-order valence-electron chi connectivity index (χ4n) is 6.28. The second-order valence-corrected chi connectivity index (χ2v) is 13.9. The average molecular weight is 628 g/mol. The number of piperazine rings is 1. The molecule has 0 saturated carbocycles. The van der Waals surface area contributed by atoms with E-state index >= 15 is 0 Å². The van der Waals surface area contributed by atoms with Gasteiger partial charge in [0, 0.05) is 80.2 Å². The van der Waals surface area contributed by atoms with E-state index < -0.39 is 23.3 Å². The van der Waals surface area contributed by atoms with E-state index in [1.54, 1.807) is 20.9 Å². The first-order valence-corrected chi connectivity index (χ1v) is 15.4. The van der Waals surface area contributed by atoms with Crippen LogP contribution in [0, 0.1) is 11.6 Å². The molecule has 5 rings (SSSR count). The fraction of sp³-hybridized carbons (Fsp3) is 0.576. The van der Waals surface area contributed by atoms with Crippen molar-refractivity contribution in [1.29, 1.82) is 0 Å². The summed E-state index contributed by atoms with van der Waals surface area (Å²) in [5, 5.41) is 0. The third-order valence-corrected chi connectivity index (χ3v) is 8.64. The number of hydrogen-bond acceptors (Lipinski definition) is 7. The maximum atomic E-state index is 14.4. The Morgan fingerprint density at radius 1 is 1.16 bits per heavy atom. The van der Waals surface area contributed by atoms with Gasteiger partial charge in [0.15, 0.2) is 0 Å². The molecule has 2 saturated heterocycles. The van der Waals surface area contributed by atoms with Crippen LogP contribution in [0.5, 0.6) is 0 Å². The molecular weight excluding hydrogens is 584 g/mol. The molecule has 0 unspecified atom stereocenters. The van der Waals surface area contributed by atoms with Gasteiger partial charge < -0.3 is 24.2 Å². The number of ether oxygens (including phenoxy) is 2. The van der Waals surface area contributed by atoms with Gasteiger partial charge in [-0.3, -0.25) is 19.5 Å². The summed E-state index contributed by atoms with van der Waals surface area (Å²) >= 11 is 0. The van der Waals surface area contributed by atoms with E-state index in [4.69, 9.17) is 9.47 Å². The van der Waals surface area contributed by atoms with Crippen molar-refractivity contribution in [3.63, 3.8) is 0 Å². The topological polar surface area (TPSA) is 95.5 Å². The lowest BCUT2D eigenvalue weighted by Gasteiger charge is -2.46. The van der Waals surface area contributed by atoms with Crippen molar-refractivity contribution in [3.05, 3.63) is 58.9 Å². The Balaban J connectivity index is 1.37. The highest BCUT2D eigenvalue weighted by Gasteiger charge is 2.42. The van der Waals surface area contributed by atoms with Gasteiger partial charge in [-0.05, 0) is 45.4 Å². The lowest BCUT2D eigenvalue weighted by molar-refractivity contribution is -0.144. The second kappa shape index (κ2) is 12.6.